The molecule has 0 spiro atoms. The molecule has 7 nitrogen and oxygen atoms in total. The summed E-state index contributed by atoms with van der Waals surface area (Å²) in [5.41, 5.74) is 4.19. The van der Waals surface area contributed by atoms with Crippen LogP contribution in [-0.4, -0.2) is 57.3 Å². The van der Waals surface area contributed by atoms with Gasteiger partial charge in [0.05, 0.1) is 28.4 Å². The highest BCUT2D eigenvalue weighted by Gasteiger charge is 2.19. The molecule has 1 aliphatic heterocycles. The quantitative estimate of drug-likeness (QED) is 0.538. The number of benzene rings is 2. The summed E-state index contributed by atoms with van der Waals surface area (Å²) in [5.74, 6) is 2.52. The van der Waals surface area contributed by atoms with Gasteiger partial charge in [-0.3, -0.25) is 4.79 Å². The average molecular weight is 449 g/mol. The maximum absolute atomic E-state index is 12.8. The van der Waals surface area contributed by atoms with E-state index < -0.39 is 0 Å². The number of amides is 1. The van der Waals surface area contributed by atoms with Crippen LogP contribution in [0.1, 0.15) is 17.5 Å². The van der Waals surface area contributed by atoms with E-state index >= 15 is 0 Å². The van der Waals surface area contributed by atoms with Crippen LogP contribution in [-0.2, 0) is 4.79 Å². The lowest BCUT2D eigenvalue weighted by Crippen LogP contribution is -2.33. The third-order valence-corrected chi connectivity index (χ3v) is 5.90. The number of fused-ring (bicyclic) bond motifs is 1. The van der Waals surface area contributed by atoms with Gasteiger partial charge in [-0.15, -0.1) is 0 Å². The average Bonchev–Trinajstić information content (AvgIpc) is 3.29. The Morgan fingerprint density at radius 2 is 1.73 bits per heavy atom. The van der Waals surface area contributed by atoms with Gasteiger partial charge in [0.25, 0.3) is 0 Å². The first-order valence-corrected chi connectivity index (χ1v) is 10.7. The van der Waals surface area contributed by atoms with Crippen LogP contribution in [0, 0.1) is 0 Å². The zero-order valence-electron chi connectivity index (χ0n) is 19.3. The minimum absolute atomic E-state index is 0.0530. The van der Waals surface area contributed by atoms with Crippen molar-refractivity contribution >= 4 is 28.5 Å². The highest BCUT2D eigenvalue weighted by Crippen LogP contribution is 2.35. The Morgan fingerprint density at radius 1 is 0.970 bits per heavy atom. The number of rotatable bonds is 7. The number of nitrogens with zero attached hydrogens (tertiary/aromatic N) is 1. The fourth-order valence-electron chi connectivity index (χ4n) is 4.06. The molecule has 0 saturated carbocycles. The molecule has 0 aliphatic carbocycles. The van der Waals surface area contributed by atoms with Crippen molar-refractivity contribution in [1.29, 1.82) is 0 Å². The van der Waals surface area contributed by atoms with Crippen LogP contribution in [0.2, 0.25) is 0 Å². The van der Waals surface area contributed by atoms with Crippen LogP contribution in [0.5, 0.6) is 23.0 Å². The number of H-pyrrole nitrogens is 1. The van der Waals surface area contributed by atoms with Gasteiger partial charge in [-0.05, 0) is 42.3 Å². The van der Waals surface area contributed by atoms with Gasteiger partial charge in [0.1, 0.15) is 11.5 Å². The molecule has 0 unspecified atom stereocenters. The molecular formula is C26H28N2O5. The highest BCUT2D eigenvalue weighted by molar-refractivity contribution is 5.95. The van der Waals surface area contributed by atoms with E-state index in [9.17, 15) is 4.79 Å². The number of carbonyl (C=O) groups is 1. The number of aromatic amines is 1. The standard InChI is InChI=1S/C26H28N2O5/c1-30-19-6-7-22-20(14-19)21(16-27-22)17-9-11-28(12-10-17)26(29)8-5-18-13-24(32-3)25(33-4)15-23(18)31-2/h5-9,13-16,27H,10-12H2,1-4H3. The molecule has 0 atom stereocenters. The fraction of sp³-hybridized carbons (Fsp3) is 0.269. The number of aromatic nitrogens is 1. The van der Waals surface area contributed by atoms with Crippen molar-refractivity contribution in [3.8, 4) is 23.0 Å². The largest absolute Gasteiger partial charge is 0.497 e. The first kappa shape index (κ1) is 22.3. The first-order valence-electron chi connectivity index (χ1n) is 10.7. The molecule has 1 aliphatic rings. The Morgan fingerprint density at radius 3 is 2.39 bits per heavy atom. The monoisotopic (exact) mass is 448 g/mol. The van der Waals surface area contributed by atoms with E-state index in [1.54, 1.807) is 52.7 Å². The second kappa shape index (κ2) is 9.73. The summed E-state index contributed by atoms with van der Waals surface area (Å²) >= 11 is 0. The van der Waals surface area contributed by atoms with Crippen molar-refractivity contribution in [3.05, 3.63) is 59.8 Å². The maximum atomic E-state index is 12.8. The molecule has 1 aromatic heterocycles. The first-order chi connectivity index (χ1) is 16.1. The van der Waals surface area contributed by atoms with Gasteiger partial charge in [-0.2, -0.15) is 0 Å². The van der Waals surface area contributed by atoms with Crippen molar-refractivity contribution in [2.45, 2.75) is 6.42 Å². The number of ether oxygens (including phenoxy) is 4. The number of hydrogen-bond donors (Lipinski definition) is 1. The molecule has 1 amide bonds. The Balaban J connectivity index is 1.49. The molecule has 7 heteroatoms. The fourth-order valence-corrected chi connectivity index (χ4v) is 4.06. The minimum atomic E-state index is -0.0530. The van der Waals surface area contributed by atoms with Gasteiger partial charge in [-0.25, -0.2) is 0 Å². The SMILES string of the molecule is COc1ccc2[nH]cc(C3=CCN(C(=O)C=Cc4cc(OC)c(OC)cc4OC)CC3)c2c1. The van der Waals surface area contributed by atoms with E-state index in [4.69, 9.17) is 18.9 Å². The van der Waals surface area contributed by atoms with Gasteiger partial charge < -0.3 is 28.8 Å². The van der Waals surface area contributed by atoms with E-state index in [1.807, 2.05) is 29.3 Å². The molecule has 0 bridgehead atoms. The molecule has 0 fully saturated rings. The lowest BCUT2D eigenvalue weighted by molar-refractivity contribution is -0.125. The second-order valence-electron chi connectivity index (χ2n) is 7.66. The molecular weight excluding hydrogens is 420 g/mol. The van der Waals surface area contributed by atoms with Crippen LogP contribution in [0.15, 0.2) is 48.7 Å². The summed E-state index contributed by atoms with van der Waals surface area (Å²) in [7, 11) is 6.39. The molecule has 2 heterocycles. The zero-order valence-corrected chi connectivity index (χ0v) is 19.3. The van der Waals surface area contributed by atoms with E-state index in [0.29, 0.717) is 30.3 Å². The molecule has 33 heavy (non-hydrogen) atoms. The summed E-state index contributed by atoms with van der Waals surface area (Å²) in [6.45, 7) is 1.20. The summed E-state index contributed by atoms with van der Waals surface area (Å²) in [5, 5.41) is 1.13. The van der Waals surface area contributed by atoms with Crippen molar-refractivity contribution in [3.63, 3.8) is 0 Å². The maximum Gasteiger partial charge on any atom is 0.246 e. The normalized spacial score (nSPS) is 13.8. The van der Waals surface area contributed by atoms with Crippen molar-refractivity contribution in [2.75, 3.05) is 41.5 Å². The molecule has 172 valence electrons. The van der Waals surface area contributed by atoms with E-state index in [-0.39, 0.29) is 5.91 Å². The van der Waals surface area contributed by atoms with Gasteiger partial charge in [-0.1, -0.05) is 6.08 Å². The minimum Gasteiger partial charge on any atom is -0.497 e. The number of nitrogens with one attached hydrogen (secondary N) is 1. The van der Waals surface area contributed by atoms with Gasteiger partial charge >= 0.3 is 0 Å². The smallest absolute Gasteiger partial charge is 0.246 e. The topological polar surface area (TPSA) is 73.0 Å². The summed E-state index contributed by atoms with van der Waals surface area (Å²) in [6, 6.07) is 9.54. The molecule has 1 N–H and O–H groups in total. The van der Waals surface area contributed by atoms with Crippen LogP contribution in [0.3, 0.4) is 0 Å². The van der Waals surface area contributed by atoms with Gasteiger partial charge in [0.15, 0.2) is 11.5 Å². The third kappa shape index (κ3) is 4.53. The van der Waals surface area contributed by atoms with Crippen LogP contribution in [0.4, 0.5) is 0 Å². The van der Waals surface area contributed by atoms with E-state index in [0.717, 1.165) is 34.2 Å². The molecule has 2 aromatic carbocycles. The van der Waals surface area contributed by atoms with Crippen molar-refractivity contribution in [1.82, 2.24) is 9.88 Å². The Hall–Kier alpha value is -3.87. The highest BCUT2D eigenvalue weighted by atomic mass is 16.5. The molecule has 3 aromatic rings. The van der Waals surface area contributed by atoms with E-state index in [1.165, 1.54) is 5.57 Å². The Labute approximate surface area is 193 Å². The van der Waals surface area contributed by atoms with Crippen LogP contribution >= 0.6 is 0 Å². The van der Waals surface area contributed by atoms with Crippen LogP contribution < -0.4 is 18.9 Å². The predicted molar refractivity (Wildman–Crippen MR) is 129 cm³/mol. The number of hydrogen-bond acceptors (Lipinski definition) is 5. The number of carbonyl (C=O) groups excluding carboxylic acids is 1. The summed E-state index contributed by atoms with van der Waals surface area (Å²) in [4.78, 5) is 18.0. The molecule has 4 rings (SSSR count). The van der Waals surface area contributed by atoms with Crippen molar-refractivity contribution in [2.24, 2.45) is 0 Å². The Bertz CT molecular complexity index is 1220. The number of methoxy groups -OCH3 is 4. The predicted octanol–water partition coefficient (Wildman–Crippen LogP) is 4.53. The third-order valence-electron chi connectivity index (χ3n) is 5.90. The molecule has 0 saturated heterocycles. The van der Waals surface area contributed by atoms with E-state index in [2.05, 4.69) is 11.1 Å². The molecule has 0 radical (unpaired) electrons. The second-order valence-corrected chi connectivity index (χ2v) is 7.66. The summed E-state index contributed by atoms with van der Waals surface area (Å²) < 4.78 is 21.5. The van der Waals surface area contributed by atoms with Crippen molar-refractivity contribution < 1.29 is 23.7 Å². The van der Waals surface area contributed by atoms with Crippen LogP contribution in [0.25, 0.3) is 22.6 Å². The van der Waals surface area contributed by atoms with Gasteiger partial charge in [0.2, 0.25) is 5.91 Å². The zero-order chi connectivity index (χ0) is 23.4. The Kier molecular flexibility index (Phi) is 6.58. The lowest BCUT2D eigenvalue weighted by Gasteiger charge is -2.25. The summed E-state index contributed by atoms with van der Waals surface area (Å²) in [6.07, 6.45) is 8.24. The van der Waals surface area contributed by atoms with Gasteiger partial charge in [0, 0.05) is 53.5 Å². The lowest BCUT2D eigenvalue weighted by atomic mass is 9.98.